The fourth-order valence-electron chi connectivity index (χ4n) is 3.01. The normalized spacial score (nSPS) is 24.0. The van der Waals surface area contributed by atoms with Crippen LogP contribution in [0.1, 0.15) is 19.4 Å². The molecule has 1 aliphatic heterocycles. The Hall–Kier alpha value is -1.73. The Morgan fingerprint density at radius 2 is 1.92 bits per heavy atom. The molecule has 1 aromatic rings. The van der Waals surface area contributed by atoms with Crippen LogP contribution in [0.4, 0.5) is 8.78 Å². The summed E-state index contributed by atoms with van der Waals surface area (Å²) in [6.45, 7) is 3.86. The van der Waals surface area contributed by atoms with E-state index in [-0.39, 0.29) is 23.9 Å². The molecule has 1 fully saturated rings. The number of alkyl halides is 2. The van der Waals surface area contributed by atoms with E-state index in [2.05, 4.69) is 10.1 Å². The zero-order valence-corrected chi connectivity index (χ0v) is 14.1. The fraction of sp³-hybridized carbons (Fsp3) is 0.588. The molecule has 0 saturated carbocycles. The van der Waals surface area contributed by atoms with Crippen LogP contribution in [0, 0.1) is 0 Å². The lowest BCUT2D eigenvalue weighted by Gasteiger charge is -2.31. The molecule has 24 heavy (non-hydrogen) atoms. The molecule has 1 saturated heterocycles. The van der Waals surface area contributed by atoms with Gasteiger partial charge in [-0.1, -0.05) is 12.1 Å². The van der Waals surface area contributed by atoms with Crippen LogP contribution in [0.25, 0.3) is 0 Å². The maximum Gasteiger partial charge on any atom is 0.387 e. The Kier molecular flexibility index (Phi) is 6.93. The van der Waals surface area contributed by atoms with E-state index in [0.29, 0.717) is 19.5 Å². The first-order chi connectivity index (χ1) is 11.4. The van der Waals surface area contributed by atoms with E-state index in [9.17, 15) is 13.6 Å². The van der Waals surface area contributed by atoms with E-state index in [1.807, 2.05) is 13.8 Å². The van der Waals surface area contributed by atoms with Crippen LogP contribution in [0.2, 0.25) is 0 Å². The topological polar surface area (TPSA) is 52.0 Å². The van der Waals surface area contributed by atoms with Crippen LogP contribution >= 0.6 is 0 Å². The van der Waals surface area contributed by atoms with Crippen molar-refractivity contribution < 1.29 is 27.9 Å². The van der Waals surface area contributed by atoms with Crippen LogP contribution in [-0.4, -0.2) is 50.9 Å². The molecule has 3 atom stereocenters. The average molecular weight is 343 g/mol. The molecular weight excluding hydrogens is 318 g/mol. The van der Waals surface area contributed by atoms with Crippen LogP contribution < -0.4 is 15.0 Å². The number of amides is 1. The van der Waals surface area contributed by atoms with Crippen molar-refractivity contribution >= 4 is 5.91 Å². The highest BCUT2D eigenvalue weighted by atomic mass is 19.3. The Morgan fingerprint density at radius 1 is 1.29 bits per heavy atom. The minimum atomic E-state index is -2.82. The lowest BCUT2D eigenvalue weighted by Crippen LogP contribution is -3.16. The van der Waals surface area contributed by atoms with Gasteiger partial charge in [0.25, 0.3) is 5.91 Å². The first-order valence-electron chi connectivity index (χ1n) is 8.22. The zero-order valence-electron chi connectivity index (χ0n) is 14.1. The molecule has 0 aromatic heterocycles. The van der Waals surface area contributed by atoms with Crippen molar-refractivity contribution in [1.82, 2.24) is 5.32 Å². The van der Waals surface area contributed by atoms with Crippen LogP contribution in [0.3, 0.4) is 0 Å². The summed E-state index contributed by atoms with van der Waals surface area (Å²) in [5.74, 6) is 0.154. The van der Waals surface area contributed by atoms with Gasteiger partial charge in [0.2, 0.25) is 0 Å². The highest BCUT2D eigenvalue weighted by Crippen LogP contribution is 2.14. The van der Waals surface area contributed by atoms with Crippen LogP contribution in [0.15, 0.2) is 24.3 Å². The highest BCUT2D eigenvalue weighted by Gasteiger charge is 2.26. The van der Waals surface area contributed by atoms with E-state index in [1.165, 1.54) is 17.0 Å². The minimum Gasteiger partial charge on any atom is -0.435 e. The molecule has 1 aliphatic rings. The predicted molar refractivity (Wildman–Crippen MR) is 85.4 cm³/mol. The fourth-order valence-corrected chi connectivity index (χ4v) is 3.01. The smallest absolute Gasteiger partial charge is 0.387 e. The van der Waals surface area contributed by atoms with Crippen molar-refractivity contribution in [3.05, 3.63) is 29.8 Å². The Morgan fingerprint density at radius 3 is 2.50 bits per heavy atom. The van der Waals surface area contributed by atoms with Gasteiger partial charge in [0.05, 0.1) is 0 Å². The monoisotopic (exact) mass is 343 g/mol. The number of benzene rings is 1. The number of morpholine rings is 1. The number of carbonyl (C=O) groups excluding carboxylic acids is 1. The first kappa shape index (κ1) is 18.6. The van der Waals surface area contributed by atoms with Gasteiger partial charge in [0, 0.05) is 6.54 Å². The van der Waals surface area contributed by atoms with E-state index >= 15 is 0 Å². The van der Waals surface area contributed by atoms with Crippen molar-refractivity contribution in [1.29, 1.82) is 0 Å². The molecule has 0 spiro atoms. The first-order valence-corrected chi connectivity index (χ1v) is 8.22. The van der Waals surface area contributed by atoms with Crippen LogP contribution in [-0.2, 0) is 16.0 Å². The average Bonchev–Trinajstić information content (AvgIpc) is 2.47. The molecule has 0 aliphatic carbocycles. The summed E-state index contributed by atoms with van der Waals surface area (Å²) in [4.78, 5) is 13.2. The Bertz CT molecular complexity index is 515. The van der Waals surface area contributed by atoms with Gasteiger partial charge >= 0.3 is 6.61 Å². The van der Waals surface area contributed by atoms with E-state index < -0.39 is 6.61 Å². The summed E-state index contributed by atoms with van der Waals surface area (Å²) in [6.07, 6.45) is 0.988. The molecule has 2 rings (SSSR count). The quantitative estimate of drug-likeness (QED) is 0.764. The number of carbonyl (C=O) groups is 1. The second kappa shape index (κ2) is 8.94. The molecule has 0 bridgehead atoms. The van der Waals surface area contributed by atoms with Crippen molar-refractivity contribution in [3.63, 3.8) is 0 Å². The Labute approximate surface area is 140 Å². The molecule has 5 nitrogen and oxygen atoms in total. The molecule has 1 heterocycles. The number of hydrogen-bond donors (Lipinski definition) is 2. The number of halogens is 2. The maximum absolute atomic E-state index is 12.1. The third-order valence-electron chi connectivity index (χ3n) is 3.91. The van der Waals surface area contributed by atoms with Gasteiger partial charge in [-0.15, -0.1) is 0 Å². The Balaban J connectivity index is 1.68. The van der Waals surface area contributed by atoms with Gasteiger partial charge in [-0.3, -0.25) is 4.79 Å². The molecule has 0 radical (unpaired) electrons. The van der Waals surface area contributed by atoms with Gasteiger partial charge in [-0.05, 0) is 38.0 Å². The number of hydrogen-bond acceptors (Lipinski definition) is 3. The maximum atomic E-state index is 12.1. The second-order valence-electron chi connectivity index (χ2n) is 6.21. The van der Waals surface area contributed by atoms with Crippen LogP contribution in [0.5, 0.6) is 5.75 Å². The van der Waals surface area contributed by atoms with E-state index in [1.54, 1.807) is 12.1 Å². The molecule has 1 unspecified atom stereocenters. The third-order valence-corrected chi connectivity index (χ3v) is 3.91. The highest BCUT2D eigenvalue weighted by molar-refractivity contribution is 5.76. The van der Waals surface area contributed by atoms with Gasteiger partial charge in [-0.2, -0.15) is 8.78 Å². The predicted octanol–water partition coefficient (Wildman–Crippen LogP) is 0.639. The molecular formula is C17H25F2N2O3+. The molecule has 134 valence electrons. The van der Waals surface area contributed by atoms with Crippen molar-refractivity contribution in [2.45, 2.75) is 39.1 Å². The van der Waals surface area contributed by atoms with Gasteiger partial charge in [0.1, 0.15) is 31.0 Å². The number of nitrogens with one attached hydrogen (secondary N) is 2. The van der Waals surface area contributed by atoms with Crippen molar-refractivity contribution in [2.24, 2.45) is 0 Å². The third kappa shape index (κ3) is 6.41. The lowest BCUT2D eigenvalue weighted by atomic mass is 10.1. The summed E-state index contributed by atoms with van der Waals surface area (Å²) < 4.78 is 34.1. The lowest BCUT2D eigenvalue weighted by molar-refractivity contribution is -0.907. The number of ether oxygens (including phenoxy) is 2. The summed E-state index contributed by atoms with van der Waals surface area (Å²) in [7, 11) is 0. The number of quaternary nitrogens is 1. The molecule has 1 aromatic carbocycles. The van der Waals surface area contributed by atoms with Gasteiger partial charge in [0.15, 0.2) is 6.54 Å². The van der Waals surface area contributed by atoms with E-state index in [0.717, 1.165) is 18.7 Å². The summed E-state index contributed by atoms with van der Waals surface area (Å²) >= 11 is 0. The van der Waals surface area contributed by atoms with Crippen molar-refractivity contribution in [3.8, 4) is 5.75 Å². The summed E-state index contributed by atoms with van der Waals surface area (Å²) in [5.41, 5.74) is 0.956. The standard InChI is InChI=1S/C17H24F2N2O3/c1-12-9-21(10-13(2)23-12)11-16(22)20-8-7-14-3-5-15(6-4-14)24-17(18)19/h3-6,12-13,17H,7-11H2,1-2H3,(H,20,22)/p+1/t12-,13+. The SMILES string of the molecule is C[C@@H]1C[NH+](CC(=O)NCCc2ccc(OC(F)F)cc2)C[C@H](C)O1. The summed E-state index contributed by atoms with van der Waals surface area (Å²) in [5, 5.41) is 2.90. The molecule has 1 amide bonds. The number of rotatable bonds is 7. The zero-order chi connectivity index (χ0) is 17.5. The van der Waals surface area contributed by atoms with Gasteiger partial charge in [-0.25, -0.2) is 0 Å². The summed E-state index contributed by atoms with van der Waals surface area (Å²) in [6, 6.07) is 6.45. The molecule has 2 N–H and O–H groups in total. The molecule has 7 heteroatoms. The second-order valence-corrected chi connectivity index (χ2v) is 6.21. The van der Waals surface area contributed by atoms with Crippen molar-refractivity contribution in [2.75, 3.05) is 26.2 Å². The van der Waals surface area contributed by atoms with Gasteiger partial charge < -0.3 is 19.7 Å². The largest absolute Gasteiger partial charge is 0.435 e. The minimum absolute atomic E-state index is 0.0175. The van der Waals surface area contributed by atoms with E-state index in [4.69, 9.17) is 4.74 Å².